The minimum atomic E-state index is -3.17. The van der Waals surface area contributed by atoms with Crippen LogP contribution in [0.2, 0.25) is 0 Å². The molecule has 5 heteroatoms. The molecule has 35 valence electrons. The van der Waals surface area contributed by atoms with E-state index in [1.54, 1.807) is 0 Å². The van der Waals surface area contributed by atoms with Gasteiger partial charge in [0.05, 0.1) is 0 Å². The van der Waals surface area contributed by atoms with Crippen molar-refractivity contribution in [2.45, 2.75) is 0 Å². The summed E-state index contributed by atoms with van der Waals surface area (Å²) in [7, 11) is -3.17. The van der Waals surface area contributed by atoms with Crippen LogP contribution < -0.4 is 10.0 Å². The zero-order valence-corrected chi connectivity index (χ0v) is 3.56. The maximum atomic E-state index is 9.89. The Hall–Kier alpha value is 0.655. The van der Waals surface area contributed by atoms with E-state index in [1.807, 2.05) is 0 Å². The van der Waals surface area contributed by atoms with E-state index in [4.69, 9.17) is 10.0 Å². The Morgan fingerprint density at radius 2 is 1.40 bits per heavy atom. The summed E-state index contributed by atoms with van der Waals surface area (Å²) in [5, 5.41) is 16.6. The van der Waals surface area contributed by atoms with E-state index in [-0.39, 0.29) is 22.4 Å². The van der Waals surface area contributed by atoms with Gasteiger partial charge in [0.2, 0.25) is 0 Å². The molecule has 0 bridgehead atoms. The van der Waals surface area contributed by atoms with Gasteiger partial charge in [-0.15, -0.1) is 0 Å². The summed E-state index contributed by atoms with van der Waals surface area (Å²) in [5.74, 6) is 0. The summed E-state index contributed by atoms with van der Waals surface area (Å²) in [4.78, 5) is 0. The molecule has 0 saturated heterocycles. The maximum absolute atomic E-state index is 9.89. The Balaban J connectivity index is 0. The number of rotatable bonds is 0. The van der Waals surface area contributed by atoms with Gasteiger partial charge in [-0.1, -0.05) is 0 Å². The quantitative estimate of drug-likeness (QED) is 0.382. The van der Waals surface area contributed by atoms with Gasteiger partial charge in [-0.25, -0.2) is 0 Å². The SMILES string of the molecule is [Ag].[O-]B([O-])F. The summed E-state index contributed by atoms with van der Waals surface area (Å²) in [6.45, 7) is 0. The van der Waals surface area contributed by atoms with Gasteiger partial charge in [-0.3, -0.25) is 0 Å². The number of hydrogen-bond donors (Lipinski definition) is 0. The van der Waals surface area contributed by atoms with Crippen LogP contribution in [-0.4, -0.2) is 7.40 Å². The molecule has 0 aliphatic rings. The third-order valence-electron chi connectivity index (χ3n) is 0. The molecule has 5 heavy (non-hydrogen) atoms. The smallest absolute Gasteiger partial charge is 0.121 e. The first kappa shape index (κ1) is 9.17. The molecule has 0 rings (SSSR count). The fourth-order valence-corrected chi connectivity index (χ4v) is 0. The van der Waals surface area contributed by atoms with E-state index in [9.17, 15) is 4.32 Å². The van der Waals surface area contributed by atoms with Crippen LogP contribution in [-0.2, 0) is 22.4 Å². The predicted molar refractivity (Wildman–Crippen MR) is 6.86 cm³/mol. The summed E-state index contributed by atoms with van der Waals surface area (Å²) in [6, 6.07) is 0. The summed E-state index contributed by atoms with van der Waals surface area (Å²) >= 11 is 0. The van der Waals surface area contributed by atoms with E-state index in [1.165, 1.54) is 0 Å². The fourth-order valence-electron chi connectivity index (χ4n) is 0. The Bertz CT molecular complexity index is 14.4. The van der Waals surface area contributed by atoms with Gasteiger partial charge in [-0.2, -0.15) is 0 Å². The van der Waals surface area contributed by atoms with Gasteiger partial charge in [-0.05, 0) is 0 Å². The molecule has 0 N–H and O–H groups in total. The van der Waals surface area contributed by atoms with Crippen LogP contribution >= 0.6 is 0 Å². The Morgan fingerprint density at radius 1 is 1.40 bits per heavy atom. The second kappa shape index (κ2) is 4.66. The van der Waals surface area contributed by atoms with Crippen molar-refractivity contribution < 1.29 is 36.7 Å². The minimum absolute atomic E-state index is 0. The third-order valence-corrected chi connectivity index (χ3v) is 0. The van der Waals surface area contributed by atoms with Crippen LogP contribution in [0, 0.1) is 0 Å². The van der Waals surface area contributed by atoms with E-state index in [0.29, 0.717) is 0 Å². The van der Waals surface area contributed by atoms with Gasteiger partial charge in [0, 0.05) is 22.4 Å². The average Bonchev–Trinajstić information content (AvgIpc) is 0.811. The first-order chi connectivity index (χ1) is 1.73. The van der Waals surface area contributed by atoms with Gasteiger partial charge in [0.15, 0.2) is 0 Å². The van der Waals surface area contributed by atoms with E-state index in [2.05, 4.69) is 0 Å². The van der Waals surface area contributed by atoms with Gasteiger partial charge in [0.1, 0.15) is 7.40 Å². The molecular formula is AgBFO2-2. The van der Waals surface area contributed by atoms with Crippen molar-refractivity contribution in [1.29, 1.82) is 0 Å². The van der Waals surface area contributed by atoms with Gasteiger partial charge < -0.3 is 14.4 Å². The molecule has 0 aliphatic carbocycles. The van der Waals surface area contributed by atoms with Crippen molar-refractivity contribution in [3.63, 3.8) is 0 Å². The summed E-state index contributed by atoms with van der Waals surface area (Å²) in [6.07, 6.45) is 0. The van der Waals surface area contributed by atoms with Crippen molar-refractivity contribution in [1.82, 2.24) is 0 Å². The minimum Gasteiger partial charge on any atom is -0.867 e. The Kier molecular flexibility index (Phi) is 8.54. The molecule has 0 spiro atoms. The standard InChI is InChI=1S/Ag.BFO2/c;2-1(3)4/q;-2. The fraction of sp³-hybridized carbons (Fsp3) is 0. The van der Waals surface area contributed by atoms with E-state index < -0.39 is 7.40 Å². The molecule has 0 aromatic rings. The van der Waals surface area contributed by atoms with Crippen molar-refractivity contribution in [2.75, 3.05) is 0 Å². The molecule has 0 amide bonds. The first-order valence-electron chi connectivity index (χ1n) is 0.690. The zero-order valence-electron chi connectivity index (χ0n) is 2.07. The van der Waals surface area contributed by atoms with E-state index in [0.717, 1.165) is 0 Å². The largest absolute Gasteiger partial charge is 0.867 e. The molecule has 0 atom stereocenters. The van der Waals surface area contributed by atoms with Crippen molar-refractivity contribution in [3.05, 3.63) is 0 Å². The van der Waals surface area contributed by atoms with Crippen molar-refractivity contribution >= 4 is 7.40 Å². The van der Waals surface area contributed by atoms with Crippen LogP contribution in [0.4, 0.5) is 4.32 Å². The number of hydrogen-bond acceptors (Lipinski definition) is 2. The van der Waals surface area contributed by atoms with Crippen LogP contribution in [0.25, 0.3) is 0 Å². The zero-order chi connectivity index (χ0) is 3.58. The predicted octanol–water partition coefficient (Wildman–Crippen LogP) is -2.34. The average molecular weight is 170 g/mol. The normalized spacial score (nSPS) is 5.40. The summed E-state index contributed by atoms with van der Waals surface area (Å²) in [5.41, 5.74) is 0. The molecule has 0 aromatic carbocycles. The molecule has 1 radical (unpaired) electrons. The van der Waals surface area contributed by atoms with Crippen LogP contribution in [0.3, 0.4) is 0 Å². The third kappa shape index (κ3) is 76.5. The second-order valence-electron chi connectivity index (χ2n) is 0.274. The Labute approximate surface area is 44.7 Å². The first-order valence-corrected chi connectivity index (χ1v) is 0.690. The molecule has 0 fully saturated rings. The second-order valence-corrected chi connectivity index (χ2v) is 0.274. The molecular weight excluding hydrogens is 170 g/mol. The van der Waals surface area contributed by atoms with Gasteiger partial charge >= 0.3 is 0 Å². The van der Waals surface area contributed by atoms with Crippen molar-refractivity contribution in [2.24, 2.45) is 0 Å². The molecule has 0 aromatic heterocycles. The van der Waals surface area contributed by atoms with Crippen molar-refractivity contribution in [3.8, 4) is 0 Å². The number of halogens is 1. The molecule has 0 saturated carbocycles. The van der Waals surface area contributed by atoms with Gasteiger partial charge in [0.25, 0.3) is 0 Å². The van der Waals surface area contributed by atoms with Crippen LogP contribution in [0.1, 0.15) is 0 Å². The molecule has 2 nitrogen and oxygen atoms in total. The molecule has 0 unspecified atom stereocenters. The summed E-state index contributed by atoms with van der Waals surface area (Å²) < 4.78 is 9.89. The molecule has 0 aliphatic heterocycles. The van der Waals surface area contributed by atoms with Crippen LogP contribution in [0.5, 0.6) is 0 Å². The van der Waals surface area contributed by atoms with Crippen LogP contribution in [0.15, 0.2) is 0 Å². The monoisotopic (exact) mass is 169 g/mol. The topological polar surface area (TPSA) is 46.1 Å². The molecule has 0 heterocycles. The van der Waals surface area contributed by atoms with E-state index >= 15 is 0 Å². The Morgan fingerprint density at radius 3 is 1.40 bits per heavy atom. The maximum Gasteiger partial charge on any atom is 0.121 e.